The molecule has 1 aliphatic heterocycles. The van der Waals surface area contributed by atoms with E-state index in [9.17, 15) is 10.1 Å². The maximum absolute atomic E-state index is 11.4. The second-order valence-electron chi connectivity index (χ2n) is 6.43. The summed E-state index contributed by atoms with van der Waals surface area (Å²) in [6.45, 7) is 4.35. The molecule has 0 bridgehead atoms. The maximum atomic E-state index is 11.4. The number of morpholine rings is 1. The van der Waals surface area contributed by atoms with E-state index >= 15 is 0 Å². The van der Waals surface area contributed by atoms with Crippen molar-refractivity contribution in [3.8, 4) is 0 Å². The number of anilines is 1. The fourth-order valence-corrected chi connectivity index (χ4v) is 3.07. The molecule has 25 heavy (non-hydrogen) atoms. The van der Waals surface area contributed by atoms with E-state index in [-0.39, 0.29) is 22.8 Å². The lowest BCUT2D eigenvalue weighted by molar-refractivity contribution is -0.384. The minimum atomic E-state index is -0.350. The number of hydrogen-bond acceptors (Lipinski definition) is 5. The van der Waals surface area contributed by atoms with Gasteiger partial charge in [0.05, 0.1) is 17.6 Å². The molecule has 6 nitrogen and oxygen atoms in total. The van der Waals surface area contributed by atoms with Gasteiger partial charge in [0.1, 0.15) is 5.69 Å². The van der Waals surface area contributed by atoms with Crippen LogP contribution in [-0.2, 0) is 4.74 Å². The highest BCUT2D eigenvalue weighted by Crippen LogP contribution is 2.32. The number of nitrogens with zero attached hydrogens (tertiary/aromatic N) is 2. The van der Waals surface area contributed by atoms with Gasteiger partial charge in [0.15, 0.2) is 0 Å². The summed E-state index contributed by atoms with van der Waals surface area (Å²) in [4.78, 5) is 13.3. The van der Waals surface area contributed by atoms with Gasteiger partial charge in [-0.15, -0.1) is 0 Å². The molecule has 0 saturated carbocycles. The Hall–Kier alpha value is -2.44. The van der Waals surface area contributed by atoms with Crippen molar-refractivity contribution in [1.29, 1.82) is 0 Å². The summed E-state index contributed by atoms with van der Waals surface area (Å²) in [5.41, 5.74) is 2.64. The third-order valence-electron chi connectivity index (χ3n) is 4.53. The Bertz CT molecular complexity index is 736. The van der Waals surface area contributed by atoms with Crippen LogP contribution in [0, 0.1) is 10.1 Å². The van der Waals surface area contributed by atoms with Gasteiger partial charge in [-0.3, -0.25) is 10.1 Å². The SMILES string of the molecule is C[C@H](Nc1cc(C2CN(C)CCO2)ccc1[N+](=O)[O-])c1ccccc1. The second kappa shape index (κ2) is 7.63. The highest BCUT2D eigenvalue weighted by Gasteiger charge is 2.23. The van der Waals surface area contributed by atoms with Crippen LogP contribution in [0.2, 0.25) is 0 Å². The maximum Gasteiger partial charge on any atom is 0.292 e. The lowest BCUT2D eigenvalue weighted by atomic mass is 10.0. The van der Waals surface area contributed by atoms with E-state index in [4.69, 9.17) is 4.74 Å². The standard InChI is InChI=1S/C19H23N3O3/c1-14(15-6-4-3-5-7-15)20-17-12-16(8-9-18(17)22(23)24)19-13-21(2)10-11-25-19/h3-9,12,14,19-20H,10-11,13H2,1-2H3/t14-,19?/m0/s1. The van der Waals surface area contributed by atoms with Crippen LogP contribution in [0.15, 0.2) is 48.5 Å². The predicted octanol–water partition coefficient (Wildman–Crippen LogP) is 3.77. The number of likely N-dealkylation sites (N-methyl/N-ethyl adjacent to an activating group) is 1. The molecule has 0 radical (unpaired) electrons. The Morgan fingerprint density at radius 1 is 1.28 bits per heavy atom. The largest absolute Gasteiger partial charge is 0.373 e. The molecule has 0 aromatic heterocycles. The Balaban J connectivity index is 1.87. The molecular weight excluding hydrogens is 318 g/mol. The molecule has 2 aromatic carbocycles. The van der Waals surface area contributed by atoms with Crippen molar-refractivity contribution in [2.45, 2.75) is 19.1 Å². The zero-order valence-corrected chi connectivity index (χ0v) is 14.5. The summed E-state index contributed by atoms with van der Waals surface area (Å²) in [5, 5.41) is 14.7. The molecule has 3 rings (SSSR count). The van der Waals surface area contributed by atoms with Crippen molar-refractivity contribution < 1.29 is 9.66 Å². The van der Waals surface area contributed by atoms with Gasteiger partial charge in [0.2, 0.25) is 0 Å². The first kappa shape index (κ1) is 17.4. The van der Waals surface area contributed by atoms with E-state index < -0.39 is 0 Å². The van der Waals surface area contributed by atoms with Crippen molar-refractivity contribution in [3.63, 3.8) is 0 Å². The number of nitro benzene ring substituents is 1. The van der Waals surface area contributed by atoms with E-state index in [1.807, 2.05) is 43.3 Å². The molecule has 1 saturated heterocycles. The third kappa shape index (κ3) is 4.15. The minimum absolute atomic E-state index is 0.0369. The molecule has 132 valence electrons. The summed E-state index contributed by atoms with van der Waals surface area (Å²) < 4.78 is 5.84. The van der Waals surface area contributed by atoms with Gasteiger partial charge < -0.3 is 15.0 Å². The van der Waals surface area contributed by atoms with E-state index in [1.54, 1.807) is 12.1 Å². The fraction of sp³-hybridized carbons (Fsp3) is 0.368. The first-order valence-electron chi connectivity index (χ1n) is 8.44. The molecule has 1 unspecified atom stereocenters. The zero-order chi connectivity index (χ0) is 17.8. The molecule has 2 atom stereocenters. The quantitative estimate of drug-likeness (QED) is 0.662. The molecule has 1 heterocycles. The summed E-state index contributed by atoms with van der Waals surface area (Å²) in [6, 6.07) is 15.1. The van der Waals surface area contributed by atoms with Gasteiger partial charge in [-0.1, -0.05) is 30.3 Å². The monoisotopic (exact) mass is 341 g/mol. The summed E-state index contributed by atoms with van der Waals surface area (Å²) in [7, 11) is 2.05. The molecule has 0 spiro atoms. The normalized spacial score (nSPS) is 19.4. The predicted molar refractivity (Wildman–Crippen MR) is 97.8 cm³/mol. The first-order valence-corrected chi connectivity index (χ1v) is 8.44. The Morgan fingerprint density at radius 2 is 2.04 bits per heavy atom. The summed E-state index contributed by atoms with van der Waals surface area (Å²) in [6.07, 6.45) is -0.0628. The number of nitrogens with one attached hydrogen (secondary N) is 1. The molecule has 1 fully saturated rings. The van der Waals surface area contributed by atoms with Crippen molar-refractivity contribution in [2.75, 3.05) is 32.1 Å². The fourth-order valence-electron chi connectivity index (χ4n) is 3.07. The van der Waals surface area contributed by atoms with E-state index in [0.717, 1.165) is 24.2 Å². The second-order valence-corrected chi connectivity index (χ2v) is 6.43. The smallest absolute Gasteiger partial charge is 0.292 e. The molecule has 6 heteroatoms. The highest BCUT2D eigenvalue weighted by atomic mass is 16.6. The molecule has 0 amide bonds. The van der Waals surface area contributed by atoms with Crippen LogP contribution in [0.3, 0.4) is 0 Å². The number of ether oxygens (including phenoxy) is 1. The number of rotatable bonds is 5. The Labute approximate surface area is 147 Å². The Morgan fingerprint density at radius 3 is 2.72 bits per heavy atom. The molecular formula is C19H23N3O3. The average molecular weight is 341 g/mol. The van der Waals surface area contributed by atoms with Crippen molar-refractivity contribution in [3.05, 3.63) is 69.8 Å². The molecule has 1 aliphatic rings. The average Bonchev–Trinajstić information content (AvgIpc) is 2.62. The lowest BCUT2D eigenvalue weighted by Gasteiger charge is -2.30. The highest BCUT2D eigenvalue weighted by molar-refractivity contribution is 5.64. The van der Waals surface area contributed by atoms with Gasteiger partial charge in [-0.25, -0.2) is 0 Å². The molecule has 0 aliphatic carbocycles. The van der Waals surface area contributed by atoms with Gasteiger partial charge in [0, 0.05) is 25.2 Å². The van der Waals surface area contributed by atoms with Crippen LogP contribution in [0.5, 0.6) is 0 Å². The Kier molecular flexibility index (Phi) is 5.31. The van der Waals surface area contributed by atoms with Gasteiger partial charge in [-0.05, 0) is 37.2 Å². The van der Waals surface area contributed by atoms with Crippen LogP contribution >= 0.6 is 0 Å². The topological polar surface area (TPSA) is 67.6 Å². The van der Waals surface area contributed by atoms with E-state index in [1.165, 1.54) is 0 Å². The van der Waals surface area contributed by atoms with Crippen molar-refractivity contribution in [1.82, 2.24) is 4.90 Å². The van der Waals surface area contributed by atoms with Crippen molar-refractivity contribution in [2.24, 2.45) is 0 Å². The summed E-state index contributed by atoms with van der Waals surface area (Å²) in [5.74, 6) is 0. The number of hydrogen-bond donors (Lipinski definition) is 1. The van der Waals surface area contributed by atoms with E-state index in [2.05, 4.69) is 17.3 Å². The minimum Gasteiger partial charge on any atom is -0.373 e. The third-order valence-corrected chi connectivity index (χ3v) is 4.53. The van der Waals surface area contributed by atoms with E-state index in [0.29, 0.717) is 12.3 Å². The zero-order valence-electron chi connectivity index (χ0n) is 14.5. The molecule has 1 N–H and O–H groups in total. The van der Waals surface area contributed by atoms with Crippen LogP contribution in [-0.4, -0.2) is 36.6 Å². The number of nitro groups is 1. The van der Waals surface area contributed by atoms with Crippen LogP contribution in [0.25, 0.3) is 0 Å². The van der Waals surface area contributed by atoms with Crippen LogP contribution in [0.4, 0.5) is 11.4 Å². The lowest BCUT2D eigenvalue weighted by Crippen LogP contribution is -2.35. The van der Waals surface area contributed by atoms with Crippen LogP contribution < -0.4 is 5.32 Å². The number of benzene rings is 2. The van der Waals surface area contributed by atoms with Gasteiger partial charge in [-0.2, -0.15) is 0 Å². The first-order chi connectivity index (χ1) is 12.0. The van der Waals surface area contributed by atoms with Crippen LogP contribution in [0.1, 0.15) is 30.2 Å². The van der Waals surface area contributed by atoms with Crippen molar-refractivity contribution >= 4 is 11.4 Å². The van der Waals surface area contributed by atoms with Gasteiger partial charge >= 0.3 is 0 Å². The van der Waals surface area contributed by atoms with Gasteiger partial charge in [0.25, 0.3) is 5.69 Å². The molecule has 2 aromatic rings. The summed E-state index contributed by atoms with van der Waals surface area (Å²) >= 11 is 0.